The third kappa shape index (κ3) is 3.93. The van der Waals surface area contributed by atoms with E-state index in [2.05, 4.69) is 12.2 Å². The summed E-state index contributed by atoms with van der Waals surface area (Å²) in [4.78, 5) is 0.955. The molecule has 0 spiro atoms. The molecule has 2 rings (SSSR count). The molecule has 0 saturated heterocycles. The summed E-state index contributed by atoms with van der Waals surface area (Å²) in [5.41, 5.74) is 0. The van der Waals surface area contributed by atoms with E-state index in [4.69, 9.17) is 0 Å². The molecule has 0 radical (unpaired) electrons. The van der Waals surface area contributed by atoms with Crippen molar-refractivity contribution in [2.75, 3.05) is 12.3 Å². The maximum Gasteiger partial charge on any atom is 0.0545 e. The summed E-state index contributed by atoms with van der Waals surface area (Å²) in [7, 11) is -0.860. The number of hydrogen-bond donors (Lipinski definition) is 1. The number of rotatable bonds is 7. The van der Waals surface area contributed by atoms with Crippen LogP contribution in [0.2, 0.25) is 0 Å². The van der Waals surface area contributed by atoms with E-state index in [0.717, 1.165) is 29.5 Å². The standard InChI is InChI=1S/C14H21NOS/c1-2-10-15-14(12-8-9-12)11-17(16)13-6-4-3-5-7-13/h3-7,12,14-15H,2,8-11H2,1H3. The van der Waals surface area contributed by atoms with Gasteiger partial charge in [0.2, 0.25) is 0 Å². The molecule has 0 heterocycles. The first kappa shape index (κ1) is 12.8. The first-order valence-electron chi connectivity index (χ1n) is 6.48. The van der Waals surface area contributed by atoms with Crippen molar-refractivity contribution in [3.05, 3.63) is 30.3 Å². The van der Waals surface area contributed by atoms with Crippen LogP contribution < -0.4 is 5.32 Å². The van der Waals surface area contributed by atoms with Crippen molar-refractivity contribution in [2.24, 2.45) is 5.92 Å². The molecule has 94 valence electrons. The summed E-state index contributed by atoms with van der Waals surface area (Å²) in [6.45, 7) is 3.21. The molecule has 1 aliphatic rings. The van der Waals surface area contributed by atoms with E-state index in [9.17, 15) is 4.21 Å². The van der Waals surface area contributed by atoms with E-state index in [-0.39, 0.29) is 0 Å². The van der Waals surface area contributed by atoms with Crippen LogP contribution in [0.15, 0.2) is 35.2 Å². The van der Waals surface area contributed by atoms with Gasteiger partial charge in [0.1, 0.15) is 0 Å². The average Bonchev–Trinajstić information content (AvgIpc) is 3.19. The van der Waals surface area contributed by atoms with Gasteiger partial charge in [0.05, 0.1) is 10.8 Å². The Hall–Kier alpha value is -0.670. The van der Waals surface area contributed by atoms with Crippen LogP contribution in [0.1, 0.15) is 26.2 Å². The molecule has 1 aliphatic carbocycles. The van der Waals surface area contributed by atoms with Gasteiger partial charge in [0.15, 0.2) is 0 Å². The van der Waals surface area contributed by atoms with E-state index >= 15 is 0 Å². The number of nitrogens with one attached hydrogen (secondary N) is 1. The minimum Gasteiger partial charge on any atom is -0.313 e. The lowest BCUT2D eigenvalue weighted by Gasteiger charge is -2.17. The molecular formula is C14H21NOS. The molecule has 0 aromatic heterocycles. The highest BCUT2D eigenvalue weighted by molar-refractivity contribution is 7.85. The van der Waals surface area contributed by atoms with Gasteiger partial charge in [-0.05, 0) is 43.9 Å². The lowest BCUT2D eigenvalue weighted by Crippen LogP contribution is -2.36. The molecule has 1 aromatic carbocycles. The van der Waals surface area contributed by atoms with Gasteiger partial charge < -0.3 is 5.32 Å². The SMILES string of the molecule is CCCNC(CS(=O)c1ccccc1)C1CC1. The van der Waals surface area contributed by atoms with Crippen molar-refractivity contribution < 1.29 is 4.21 Å². The van der Waals surface area contributed by atoms with E-state index in [0.29, 0.717) is 6.04 Å². The minimum absolute atomic E-state index is 0.441. The quantitative estimate of drug-likeness (QED) is 0.807. The third-order valence-corrected chi connectivity index (χ3v) is 4.64. The molecule has 1 N–H and O–H groups in total. The molecule has 2 unspecified atom stereocenters. The third-order valence-electron chi connectivity index (χ3n) is 3.18. The van der Waals surface area contributed by atoms with Gasteiger partial charge in [0, 0.05) is 16.7 Å². The molecule has 17 heavy (non-hydrogen) atoms. The first-order valence-corrected chi connectivity index (χ1v) is 7.80. The molecule has 3 heteroatoms. The Morgan fingerprint density at radius 1 is 1.35 bits per heavy atom. The summed E-state index contributed by atoms with van der Waals surface area (Å²) < 4.78 is 12.2. The van der Waals surface area contributed by atoms with Gasteiger partial charge in [-0.2, -0.15) is 0 Å². The normalized spacial score (nSPS) is 18.9. The van der Waals surface area contributed by atoms with Crippen molar-refractivity contribution in [1.29, 1.82) is 0 Å². The van der Waals surface area contributed by atoms with Gasteiger partial charge >= 0.3 is 0 Å². The first-order chi connectivity index (χ1) is 8.31. The van der Waals surface area contributed by atoms with E-state index in [1.54, 1.807) is 0 Å². The lowest BCUT2D eigenvalue weighted by molar-refractivity contribution is 0.498. The molecule has 1 fully saturated rings. The Kier molecular flexibility index (Phi) is 4.75. The van der Waals surface area contributed by atoms with Crippen LogP contribution in [0.4, 0.5) is 0 Å². The zero-order chi connectivity index (χ0) is 12.1. The fourth-order valence-corrected chi connectivity index (χ4v) is 3.39. The van der Waals surface area contributed by atoms with Crippen molar-refractivity contribution in [1.82, 2.24) is 5.32 Å². The van der Waals surface area contributed by atoms with Crippen LogP contribution >= 0.6 is 0 Å². The van der Waals surface area contributed by atoms with E-state index < -0.39 is 10.8 Å². The summed E-state index contributed by atoms with van der Waals surface area (Å²) in [6, 6.07) is 10.2. The summed E-state index contributed by atoms with van der Waals surface area (Å²) >= 11 is 0. The topological polar surface area (TPSA) is 29.1 Å². The second kappa shape index (κ2) is 6.31. The molecule has 1 aromatic rings. The Bertz CT molecular complexity index is 362. The largest absolute Gasteiger partial charge is 0.313 e. The van der Waals surface area contributed by atoms with Crippen molar-refractivity contribution in [2.45, 2.75) is 37.1 Å². The van der Waals surface area contributed by atoms with Crippen LogP contribution in [0.5, 0.6) is 0 Å². The number of benzene rings is 1. The lowest BCUT2D eigenvalue weighted by atomic mass is 10.2. The van der Waals surface area contributed by atoms with Crippen molar-refractivity contribution >= 4 is 10.8 Å². The molecule has 0 aliphatic heterocycles. The minimum atomic E-state index is -0.860. The monoisotopic (exact) mass is 251 g/mol. The maximum atomic E-state index is 12.2. The predicted octanol–water partition coefficient (Wildman–Crippen LogP) is 2.57. The molecule has 2 atom stereocenters. The van der Waals surface area contributed by atoms with Crippen LogP contribution in [0.25, 0.3) is 0 Å². The highest BCUT2D eigenvalue weighted by Gasteiger charge is 2.31. The van der Waals surface area contributed by atoms with E-state index in [1.807, 2.05) is 30.3 Å². The van der Waals surface area contributed by atoms with Gasteiger partial charge in [-0.3, -0.25) is 4.21 Å². The Morgan fingerprint density at radius 2 is 2.06 bits per heavy atom. The summed E-state index contributed by atoms with van der Waals surface area (Å²) in [5.74, 6) is 1.52. The smallest absolute Gasteiger partial charge is 0.0545 e. The molecule has 1 saturated carbocycles. The predicted molar refractivity (Wildman–Crippen MR) is 72.5 cm³/mol. The fourth-order valence-electron chi connectivity index (χ4n) is 2.02. The molecular weight excluding hydrogens is 230 g/mol. The summed E-state index contributed by atoms with van der Waals surface area (Å²) in [5, 5.41) is 3.54. The number of hydrogen-bond acceptors (Lipinski definition) is 2. The van der Waals surface area contributed by atoms with Gasteiger partial charge in [-0.15, -0.1) is 0 Å². The highest BCUT2D eigenvalue weighted by Crippen LogP contribution is 2.33. The Balaban J connectivity index is 1.91. The van der Waals surface area contributed by atoms with Crippen LogP contribution in [0.3, 0.4) is 0 Å². The highest BCUT2D eigenvalue weighted by atomic mass is 32.2. The average molecular weight is 251 g/mol. The van der Waals surface area contributed by atoms with E-state index in [1.165, 1.54) is 12.8 Å². The second-order valence-corrected chi connectivity index (χ2v) is 6.22. The fraction of sp³-hybridized carbons (Fsp3) is 0.571. The van der Waals surface area contributed by atoms with Gasteiger partial charge in [-0.25, -0.2) is 0 Å². The van der Waals surface area contributed by atoms with Crippen molar-refractivity contribution in [3.8, 4) is 0 Å². The van der Waals surface area contributed by atoms with Crippen LogP contribution in [-0.2, 0) is 10.8 Å². The summed E-state index contributed by atoms with van der Waals surface area (Å²) in [6.07, 6.45) is 3.74. The Morgan fingerprint density at radius 3 is 2.65 bits per heavy atom. The van der Waals surface area contributed by atoms with Crippen LogP contribution in [-0.4, -0.2) is 22.5 Å². The van der Waals surface area contributed by atoms with Gasteiger partial charge in [0.25, 0.3) is 0 Å². The Labute approximate surface area is 106 Å². The van der Waals surface area contributed by atoms with Crippen molar-refractivity contribution in [3.63, 3.8) is 0 Å². The zero-order valence-corrected chi connectivity index (χ0v) is 11.2. The molecule has 0 bridgehead atoms. The zero-order valence-electron chi connectivity index (χ0n) is 10.4. The second-order valence-electron chi connectivity index (χ2n) is 4.72. The van der Waals surface area contributed by atoms with Crippen LogP contribution in [0, 0.1) is 5.92 Å². The molecule has 2 nitrogen and oxygen atoms in total. The van der Waals surface area contributed by atoms with Gasteiger partial charge in [-0.1, -0.05) is 25.1 Å². The maximum absolute atomic E-state index is 12.2. The molecule has 0 amide bonds.